The fourth-order valence-corrected chi connectivity index (χ4v) is 3.70. The maximum Gasteiger partial charge on any atom is 0.329 e. The molecule has 2 saturated heterocycles. The molecule has 2 N–H and O–H groups in total. The second-order valence-electron chi connectivity index (χ2n) is 7.15. The molecule has 1 aromatic rings. The van der Waals surface area contributed by atoms with Crippen LogP contribution in [0.3, 0.4) is 0 Å². The Morgan fingerprint density at radius 2 is 1.71 bits per heavy atom. The first-order chi connectivity index (χ1) is 13.6. The quantitative estimate of drug-likeness (QED) is 0.527. The van der Waals surface area contributed by atoms with Crippen molar-refractivity contribution < 1.29 is 9.59 Å². The first kappa shape index (κ1) is 20.4. The summed E-state index contributed by atoms with van der Waals surface area (Å²) < 4.78 is 0. The van der Waals surface area contributed by atoms with Crippen LogP contribution < -0.4 is 15.5 Å². The van der Waals surface area contributed by atoms with Crippen molar-refractivity contribution in [1.82, 2.24) is 20.4 Å². The van der Waals surface area contributed by atoms with E-state index in [9.17, 15) is 9.59 Å². The van der Waals surface area contributed by atoms with Gasteiger partial charge in [-0.25, -0.2) is 4.79 Å². The maximum absolute atomic E-state index is 12.6. The number of nitrogens with zero attached hydrogens (tertiary/aromatic N) is 3. The van der Waals surface area contributed by atoms with Crippen molar-refractivity contribution in [1.29, 1.82) is 0 Å². The van der Waals surface area contributed by atoms with Crippen molar-refractivity contribution in [2.24, 2.45) is 0 Å². The van der Waals surface area contributed by atoms with Crippen molar-refractivity contribution in [3.05, 3.63) is 35.5 Å². The molecule has 2 heterocycles. The molecular weight excluding hydrogens is 354 g/mol. The molecule has 28 heavy (non-hydrogen) atoms. The second kappa shape index (κ2) is 9.71. The Kier molecular flexibility index (Phi) is 7.06. The van der Waals surface area contributed by atoms with Gasteiger partial charge < -0.3 is 20.4 Å². The lowest BCUT2D eigenvalue weighted by Crippen LogP contribution is -2.44. The van der Waals surface area contributed by atoms with Crippen molar-refractivity contribution in [2.75, 3.05) is 57.3 Å². The molecule has 152 valence electrons. The van der Waals surface area contributed by atoms with E-state index in [1.54, 1.807) is 6.08 Å². The van der Waals surface area contributed by atoms with Crippen molar-refractivity contribution in [3.8, 4) is 0 Å². The van der Waals surface area contributed by atoms with Gasteiger partial charge in [0.05, 0.1) is 0 Å². The third kappa shape index (κ3) is 4.91. The van der Waals surface area contributed by atoms with E-state index in [-0.39, 0.29) is 11.9 Å². The minimum Gasteiger partial charge on any atom is -0.372 e. The summed E-state index contributed by atoms with van der Waals surface area (Å²) in [7, 11) is 0. The van der Waals surface area contributed by atoms with E-state index in [1.807, 2.05) is 24.3 Å². The molecule has 0 spiro atoms. The number of hydrogen-bond acceptors (Lipinski definition) is 5. The van der Waals surface area contributed by atoms with E-state index in [1.165, 1.54) is 4.90 Å². The molecule has 1 aromatic carbocycles. The van der Waals surface area contributed by atoms with E-state index >= 15 is 0 Å². The molecule has 2 fully saturated rings. The molecule has 0 unspecified atom stereocenters. The number of piperazine rings is 1. The number of carbonyl (C=O) groups is 2. The van der Waals surface area contributed by atoms with Gasteiger partial charge in [0.15, 0.2) is 0 Å². The normalized spacial score (nSPS) is 19.4. The fourth-order valence-electron chi connectivity index (χ4n) is 3.70. The summed E-state index contributed by atoms with van der Waals surface area (Å²) in [5.41, 5.74) is 2.41. The lowest BCUT2D eigenvalue weighted by atomic mass is 10.1. The molecule has 3 rings (SSSR count). The SMILES string of the molecule is CCN(CC)c1ccc(/C=C2\NC(=O)N(CCCN3CCNCC3)C2=O)cc1. The summed E-state index contributed by atoms with van der Waals surface area (Å²) in [6.07, 6.45) is 2.55. The molecule has 0 saturated carbocycles. The van der Waals surface area contributed by atoms with E-state index in [2.05, 4.69) is 34.3 Å². The lowest BCUT2D eigenvalue weighted by Gasteiger charge is -2.27. The summed E-state index contributed by atoms with van der Waals surface area (Å²) in [6, 6.07) is 7.73. The highest BCUT2D eigenvalue weighted by molar-refractivity contribution is 6.13. The van der Waals surface area contributed by atoms with E-state index in [0.29, 0.717) is 12.2 Å². The topological polar surface area (TPSA) is 67.9 Å². The second-order valence-corrected chi connectivity index (χ2v) is 7.15. The summed E-state index contributed by atoms with van der Waals surface area (Å²) in [4.78, 5) is 30.8. The Labute approximate surface area is 167 Å². The zero-order valence-electron chi connectivity index (χ0n) is 16.9. The van der Waals surface area contributed by atoms with Crippen LogP contribution in [0.1, 0.15) is 25.8 Å². The number of hydrogen-bond donors (Lipinski definition) is 2. The fraction of sp³-hybridized carbons (Fsp3) is 0.524. The summed E-state index contributed by atoms with van der Waals surface area (Å²) in [5, 5.41) is 6.04. The third-order valence-corrected chi connectivity index (χ3v) is 5.36. The molecule has 7 nitrogen and oxygen atoms in total. The maximum atomic E-state index is 12.6. The lowest BCUT2D eigenvalue weighted by molar-refractivity contribution is -0.122. The average Bonchev–Trinajstić information content (AvgIpc) is 2.98. The summed E-state index contributed by atoms with van der Waals surface area (Å²) in [6.45, 7) is 11.6. The summed E-state index contributed by atoms with van der Waals surface area (Å²) in [5.74, 6) is -0.238. The largest absolute Gasteiger partial charge is 0.372 e. The number of nitrogens with one attached hydrogen (secondary N) is 2. The van der Waals surface area contributed by atoms with Gasteiger partial charge in [0.2, 0.25) is 0 Å². The van der Waals surface area contributed by atoms with Crippen LogP contribution in [0.4, 0.5) is 10.5 Å². The molecule has 0 radical (unpaired) electrons. The van der Waals surface area contributed by atoms with E-state index < -0.39 is 0 Å². The van der Waals surface area contributed by atoms with Gasteiger partial charge >= 0.3 is 6.03 Å². The standard InChI is InChI=1S/C21H31N5O2/c1-3-25(4-2)18-8-6-17(7-9-18)16-19-20(27)26(21(28)23-19)13-5-12-24-14-10-22-11-15-24/h6-9,16,22H,3-5,10-15H2,1-2H3,(H,23,28)/b19-16-. The van der Waals surface area contributed by atoms with Gasteiger partial charge in [-0.1, -0.05) is 12.1 Å². The first-order valence-corrected chi connectivity index (χ1v) is 10.2. The van der Waals surface area contributed by atoms with E-state index in [0.717, 1.165) is 63.5 Å². The van der Waals surface area contributed by atoms with Crippen LogP contribution >= 0.6 is 0 Å². The van der Waals surface area contributed by atoms with Gasteiger partial charge in [-0.2, -0.15) is 0 Å². The van der Waals surface area contributed by atoms with Crippen molar-refractivity contribution >= 4 is 23.7 Å². The minimum atomic E-state index is -0.323. The van der Waals surface area contributed by atoms with Crippen molar-refractivity contribution in [2.45, 2.75) is 20.3 Å². The predicted octanol–water partition coefficient (Wildman–Crippen LogP) is 1.72. The van der Waals surface area contributed by atoms with Crippen LogP contribution in [0.25, 0.3) is 6.08 Å². The monoisotopic (exact) mass is 385 g/mol. The Morgan fingerprint density at radius 3 is 2.36 bits per heavy atom. The van der Waals surface area contributed by atoms with Crippen molar-refractivity contribution in [3.63, 3.8) is 0 Å². The van der Waals surface area contributed by atoms with Crippen LogP contribution in [0.2, 0.25) is 0 Å². The van der Waals surface area contributed by atoms with Crippen LogP contribution in [-0.2, 0) is 4.79 Å². The molecule has 0 bridgehead atoms. The van der Waals surface area contributed by atoms with E-state index in [4.69, 9.17) is 0 Å². The number of imide groups is 1. The number of amides is 3. The van der Waals surface area contributed by atoms with Crippen LogP contribution in [0, 0.1) is 0 Å². The number of carbonyl (C=O) groups excluding carboxylic acids is 2. The zero-order valence-corrected chi connectivity index (χ0v) is 16.9. The highest BCUT2D eigenvalue weighted by Gasteiger charge is 2.33. The third-order valence-electron chi connectivity index (χ3n) is 5.36. The predicted molar refractivity (Wildman–Crippen MR) is 112 cm³/mol. The molecule has 0 aliphatic carbocycles. The number of urea groups is 1. The zero-order chi connectivity index (χ0) is 19.9. The highest BCUT2D eigenvalue weighted by Crippen LogP contribution is 2.18. The molecule has 2 aliphatic heterocycles. The number of rotatable bonds is 8. The van der Waals surface area contributed by atoms with Crippen LogP contribution in [-0.4, -0.2) is 74.1 Å². The van der Waals surface area contributed by atoms with Gasteiger partial charge in [0.1, 0.15) is 5.70 Å². The van der Waals surface area contributed by atoms with Crippen LogP contribution in [0.5, 0.6) is 0 Å². The average molecular weight is 386 g/mol. The Balaban J connectivity index is 1.57. The Bertz CT molecular complexity index is 706. The van der Waals surface area contributed by atoms with Crippen LogP contribution in [0.15, 0.2) is 30.0 Å². The smallest absolute Gasteiger partial charge is 0.329 e. The number of benzene rings is 1. The molecule has 2 aliphatic rings. The minimum absolute atomic E-state index is 0.238. The molecule has 0 aromatic heterocycles. The van der Waals surface area contributed by atoms with Gasteiger partial charge in [-0.15, -0.1) is 0 Å². The summed E-state index contributed by atoms with van der Waals surface area (Å²) >= 11 is 0. The van der Waals surface area contributed by atoms with Gasteiger partial charge in [-0.05, 0) is 50.6 Å². The molecule has 3 amide bonds. The van der Waals surface area contributed by atoms with Gasteiger partial charge in [-0.3, -0.25) is 9.69 Å². The van der Waals surface area contributed by atoms with Gasteiger partial charge in [0, 0.05) is 51.5 Å². The first-order valence-electron chi connectivity index (χ1n) is 10.2. The highest BCUT2D eigenvalue weighted by atomic mass is 16.2. The Hall–Kier alpha value is -2.38. The molecule has 0 atom stereocenters. The molecule has 7 heteroatoms. The number of anilines is 1. The molecular formula is C21H31N5O2. The van der Waals surface area contributed by atoms with Gasteiger partial charge in [0.25, 0.3) is 5.91 Å². The Morgan fingerprint density at radius 1 is 1.04 bits per heavy atom.